The van der Waals surface area contributed by atoms with Gasteiger partial charge in [-0.1, -0.05) is 17.3 Å². The third-order valence-electron chi connectivity index (χ3n) is 10.5. The largest absolute Gasteiger partial charge is 0.491 e. The fourth-order valence-electron chi connectivity index (χ4n) is 7.76. The van der Waals surface area contributed by atoms with E-state index in [1.54, 1.807) is 60.0 Å². The van der Waals surface area contributed by atoms with Crippen molar-refractivity contribution in [2.75, 3.05) is 70.2 Å². The molecule has 1 spiro atoms. The minimum Gasteiger partial charge on any atom is -0.491 e. The number of carbonyl (C=O) groups excluding carboxylic acids is 4. The first kappa shape index (κ1) is 41.6. The number of nitrogens with zero attached hydrogens (tertiary/aromatic N) is 9. The number of aldehydes is 1. The molecule has 2 fully saturated rings. The molecule has 2 aliphatic heterocycles. The van der Waals surface area contributed by atoms with Crippen molar-refractivity contribution in [1.29, 1.82) is 0 Å². The van der Waals surface area contributed by atoms with Crippen molar-refractivity contribution in [3.63, 3.8) is 0 Å². The van der Waals surface area contributed by atoms with Crippen LogP contribution in [0.15, 0.2) is 53.7 Å². The number of aryl methyl sites for hydroxylation is 2. The molecule has 0 aliphatic carbocycles. The molecule has 4 N–H and O–H groups in total. The van der Waals surface area contributed by atoms with Gasteiger partial charge < -0.3 is 39.4 Å². The summed E-state index contributed by atoms with van der Waals surface area (Å²) < 4.78 is 17.9. The Morgan fingerprint density at radius 2 is 1.82 bits per heavy atom. The highest BCUT2D eigenvalue weighted by atomic mass is 16.6. The number of carbonyl (C=O) groups is 4. The fraction of sp³-hybridized carbons (Fsp3) is 0.415. The predicted octanol–water partition coefficient (Wildman–Crippen LogP) is 3.08. The Morgan fingerprint density at radius 1 is 1.03 bits per heavy atom. The van der Waals surface area contributed by atoms with Crippen LogP contribution in [0.5, 0.6) is 5.75 Å². The van der Waals surface area contributed by atoms with Crippen molar-refractivity contribution in [1.82, 2.24) is 38.7 Å². The second kappa shape index (κ2) is 18.1. The third kappa shape index (κ3) is 8.86. The number of oxime groups is 1. The van der Waals surface area contributed by atoms with E-state index in [-0.39, 0.29) is 24.0 Å². The van der Waals surface area contributed by atoms with Crippen molar-refractivity contribution in [2.45, 2.75) is 52.4 Å². The van der Waals surface area contributed by atoms with Crippen LogP contribution in [-0.2, 0) is 34.0 Å². The number of nitrogens with two attached hydrogens (primary N) is 1. The van der Waals surface area contributed by atoms with Crippen molar-refractivity contribution in [3.8, 4) is 5.75 Å². The number of benzene rings is 2. The van der Waals surface area contributed by atoms with Gasteiger partial charge in [-0.15, -0.1) is 0 Å². The molecule has 60 heavy (non-hydrogen) atoms. The van der Waals surface area contributed by atoms with E-state index in [1.165, 1.54) is 6.21 Å². The molecule has 316 valence electrons. The van der Waals surface area contributed by atoms with Crippen molar-refractivity contribution >= 4 is 64.2 Å². The first-order valence-electron chi connectivity index (χ1n) is 19.9. The van der Waals surface area contributed by atoms with Crippen LogP contribution in [0.4, 0.5) is 11.9 Å². The molecule has 0 saturated carbocycles. The quantitative estimate of drug-likeness (QED) is 0.0382. The topological polar surface area (TPSA) is 218 Å². The van der Waals surface area contributed by atoms with Gasteiger partial charge in [-0.2, -0.15) is 5.10 Å². The number of aromatic nitrogens is 6. The summed E-state index contributed by atoms with van der Waals surface area (Å²) in [6.07, 6.45) is 6.92. The molecule has 0 radical (unpaired) electrons. The second-order valence-corrected chi connectivity index (χ2v) is 14.7. The molecule has 19 heteroatoms. The van der Waals surface area contributed by atoms with E-state index >= 15 is 0 Å². The predicted molar refractivity (Wildman–Crippen MR) is 225 cm³/mol. The number of nitrogens with one attached hydrogen (secondary N) is 2. The van der Waals surface area contributed by atoms with Gasteiger partial charge in [0.15, 0.2) is 6.61 Å². The average molecular weight is 823 g/mol. The SMILES string of the molecule is C/C=N\OCC(=O)N1CCOC2(CN(CCCOc3cc(C=O)cc4nc(NC)n(C/C=C/Cn5c(NC(=O)c6cc(C)nn6CC)nc6cc(C(N)=O)ccc65)c34)C2)C1. The Labute approximate surface area is 346 Å². The molecule has 0 atom stereocenters. The van der Waals surface area contributed by atoms with Gasteiger partial charge in [0, 0.05) is 70.2 Å². The summed E-state index contributed by atoms with van der Waals surface area (Å²) in [4.78, 5) is 68.5. The number of primary amides is 1. The number of likely N-dealkylation sites (tertiary alicyclic amines) is 1. The van der Waals surface area contributed by atoms with E-state index in [2.05, 4.69) is 30.8 Å². The molecule has 19 nitrogen and oxygen atoms in total. The van der Waals surface area contributed by atoms with Crippen LogP contribution in [0.25, 0.3) is 22.1 Å². The van der Waals surface area contributed by atoms with E-state index in [0.717, 1.165) is 30.5 Å². The van der Waals surface area contributed by atoms with Crippen molar-refractivity contribution < 1.29 is 33.5 Å². The average Bonchev–Trinajstić information content (AvgIpc) is 3.91. The van der Waals surface area contributed by atoms with Gasteiger partial charge in [0.2, 0.25) is 17.8 Å². The number of ether oxygens (including phenoxy) is 2. The molecular weight excluding hydrogens is 773 g/mol. The van der Waals surface area contributed by atoms with E-state index in [0.29, 0.717) is 110 Å². The highest BCUT2D eigenvalue weighted by Gasteiger charge is 2.47. The lowest BCUT2D eigenvalue weighted by Crippen LogP contribution is -2.70. The number of anilines is 2. The maximum absolute atomic E-state index is 13.5. The minimum absolute atomic E-state index is 0.0924. The van der Waals surface area contributed by atoms with Crippen molar-refractivity contribution in [3.05, 3.63) is 71.1 Å². The minimum atomic E-state index is -0.581. The third-order valence-corrected chi connectivity index (χ3v) is 10.5. The summed E-state index contributed by atoms with van der Waals surface area (Å²) in [5, 5.41) is 14.2. The number of hydrogen-bond donors (Lipinski definition) is 3. The molecule has 3 aromatic heterocycles. The van der Waals surface area contributed by atoms with Gasteiger partial charge in [-0.3, -0.25) is 34.1 Å². The summed E-state index contributed by atoms with van der Waals surface area (Å²) in [6, 6.07) is 10.2. The standard InChI is InChI=1S/C41H50N12O7/c1-5-44-60-23-35(55)50-15-17-59-41(26-50)24-49(25-41)12-9-16-58-34-20-28(22-54)19-31-36(34)52(39(43-4)46-31)14-8-7-13-51-32-11-10-29(37(42)56)21-30(32)45-40(51)47-38(57)33-18-27(3)48-53(33)6-2/h5,7-8,10-11,18-22H,6,9,12-17,23-26H2,1-4H3,(H2,42,56)(H,43,46)(H,45,47,57)/b8-7+,44-5-. The summed E-state index contributed by atoms with van der Waals surface area (Å²) >= 11 is 0. The number of fused-ring (bicyclic) bond motifs is 2. The molecule has 2 aliphatic rings. The number of amides is 3. The van der Waals surface area contributed by atoms with E-state index in [4.69, 9.17) is 25.0 Å². The first-order chi connectivity index (χ1) is 29.0. The molecule has 2 aromatic carbocycles. The van der Waals surface area contributed by atoms with Gasteiger partial charge >= 0.3 is 0 Å². The smallest absolute Gasteiger partial charge is 0.276 e. The summed E-state index contributed by atoms with van der Waals surface area (Å²) in [5.41, 5.74) is 9.57. The second-order valence-electron chi connectivity index (χ2n) is 14.7. The van der Waals surface area contributed by atoms with Crippen LogP contribution < -0.4 is 21.1 Å². The van der Waals surface area contributed by atoms with Crippen LogP contribution in [-0.4, -0.2) is 134 Å². The van der Waals surface area contributed by atoms with Crippen LogP contribution in [0.1, 0.15) is 57.2 Å². The van der Waals surface area contributed by atoms with Crippen LogP contribution in [0, 0.1) is 6.92 Å². The van der Waals surface area contributed by atoms with Gasteiger partial charge in [-0.05, 0) is 63.6 Å². The number of allylic oxidation sites excluding steroid dienone is 2. The zero-order valence-electron chi connectivity index (χ0n) is 34.2. The first-order valence-corrected chi connectivity index (χ1v) is 19.9. The Morgan fingerprint density at radius 3 is 2.55 bits per heavy atom. The lowest BCUT2D eigenvalue weighted by atomic mass is 9.91. The van der Waals surface area contributed by atoms with Gasteiger partial charge in [-0.25, -0.2) is 9.97 Å². The normalized spacial score (nSPS) is 15.3. The zero-order chi connectivity index (χ0) is 42.4. The Hall–Kier alpha value is -6.60. The van der Waals surface area contributed by atoms with Crippen LogP contribution in [0.2, 0.25) is 0 Å². The van der Waals surface area contributed by atoms with Crippen LogP contribution >= 0.6 is 0 Å². The molecule has 7 rings (SSSR count). The Balaban J connectivity index is 1.03. The van der Waals surface area contributed by atoms with Gasteiger partial charge in [0.05, 0.1) is 42.0 Å². The zero-order valence-corrected chi connectivity index (χ0v) is 34.2. The number of rotatable bonds is 18. The molecular formula is C41H50N12O7. The molecule has 5 heterocycles. The maximum Gasteiger partial charge on any atom is 0.276 e. The van der Waals surface area contributed by atoms with Gasteiger partial charge in [0.25, 0.3) is 11.8 Å². The van der Waals surface area contributed by atoms with E-state index in [1.807, 2.05) is 35.1 Å². The molecule has 5 aromatic rings. The number of imidazole rings is 2. The lowest BCUT2D eigenvalue weighted by molar-refractivity contribution is -0.190. The summed E-state index contributed by atoms with van der Waals surface area (Å²) in [6.45, 7) is 10.7. The molecule has 0 bridgehead atoms. The van der Waals surface area contributed by atoms with E-state index in [9.17, 15) is 19.2 Å². The molecule has 0 unspecified atom stereocenters. The maximum atomic E-state index is 13.5. The molecule has 3 amide bonds. The van der Waals surface area contributed by atoms with Crippen LogP contribution in [0.3, 0.4) is 0 Å². The van der Waals surface area contributed by atoms with E-state index < -0.39 is 5.91 Å². The highest BCUT2D eigenvalue weighted by Crippen LogP contribution is 2.32. The lowest BCUT2D eigenvalue weighted by Gasteiger charge is -2.53. The molecule has 2 saturated heterocycles. The monoisotopic (exact) mass is 822 g/mol. The Kier molecular flexibility index (Phi) is 12.6. The van der Waals surface area contributed by atoms with Gasteiger partial charge in [0.1, 0.15) is 28.8 Å². The summed E-state index contributed by atoms with van der Waals surface area (Å²) in [7, 11) is 1.78. The highest BCUT2D eigenvalue weighted by molar-refractivity contribution is 6.03. The van der Waals surface area contributed by atoms with Crippen molar-refractivity contribution in [2.24, 2.45) is 10.9 Å². The summed E-state index contributed by atoms with van der Waals surface area (Å²) in [5.74, 6) is 0.364. The Bertz CT molecular complexity index is 2460. The number of morpholine rings is 1. The fourth-order valence-corrected chi connectivity index (χ4v) is 7.76. The number of hydrogen-bond acceptors (Lipinski definition) is 13.